The maximum Gasteiger partial charge on any atom is 0.241 e. The molecule has 0 bridgehead atoms. The van der Waals surface area contributed by atoms with Gasteiger partial charge in [-0.05, 0) is 50.9 Å². The number of carbonyl (C=O) groups excluding carboxylic acids is 1. The summed E-state index contributed by atoms with van der Waals surface area (Å²) in [6.07, 6.45) is 2.74. The van der Waals surface area contributed by atoms with Crippen molar-refractivity contribution < 1.29 is 22.7 Å². The van der Waals surface area contributed by atoms with E-state index in [9.17, 15) is 13.2 Å². The van der Waals surface area contributed by atoms with E-state index in [1.54, 1.807) is 6.07 Å². The van der Waals surface area contributed by atoms with Gasteiger partial charge in [0, 0.05) is 19.0 Å². The van der Waals surface area contributed by atoms with E-state index >= 15 is 0 Å². The second kappa shape index (κ2) is 8.90. The third-order valence-corrected chi connectivity index (χ3v) is 6.31. The van der Waals surface area contributed by atoms with Crippen molar-refractivity contribution in [3.8, 4) is 11.5 Å². The molecule has 2 aliphatic rings. The largest absolute Gasteiger partial charge is 0.490 e. The van der Waals surface area contributed by atoms with E-state index in [-0.39, 0.29) is 10.8 Å². The van der Waals surface area contributed by atoms with Crippen molar-refractivity contribution in [1.82, 2.24) is 15.4 Å². The summed E-state index contributed by atoms with van der Waals surface area (Å²) in [6.45, 7) is 5.07. The Bertz CT molecular complexity index is 762. The van der Waals surface area contributed by atoms with Gasteiger partial charge >= 0.3 is 0 Å². The molecule has 27 heavy (non-hydrogen) atoms. The third-order valence-electron chi connectivity index (χ3n) is 4.77. The molecule has 1 amide bonds. The number of fused-ring (bicyclic) bond motifs is 1. The van der Waals surface area contributed by atoms with E-state index in [0.717, 1.165) is 32.4 Å². The number of nitrogens with one attached hydrogen (secondary N) is 3. The normalized spacial score (nSPS) is 20.7. The number of hydrogen-bond acceptors (Lipinski definition) is 6. The van der Waals surface area contributed by atoms with Gasteiger partial charge in [0.05, 0.1) is 24.2 Å². The molecule has 1 aromatic carbocycles. The minimum Gasteiger partial charge on any atom is -0.490 e. The molecule has 2 aliphatic heterocycles. The summed E-state index contributed by atoms with van der Waals surface area (Å²) < 4.78 is 38.7. The van der Waals surface area contributed by atoms with Gasteiger partial charge in [-0.2, -0.15) is 4.72 Å². The summed E-state index contributed by atoms with van der Waals surface area (Å²) in [6, 6.07) is 3.59. The monoisotopic (exact) mass is 397 g/mol. The first kappa shape index (κ1) is 19.9. The number of sulfonamides is 1. The van der Waals surface area contributed by atoms with Crippen LogP contribution in [0, 0.1) is 5.92 Å². The average molecular weight is 397 g/mol. The van der Waals surface area contributed by atoms with Crippen LogP contribution in [-0.4, -0.2) is 53.2 Å². The van der Waals surface area contributed by atoms with E-state index < -0.39 is 16.1 Å². The molecule has 0 aromatic heterocycles. The lowest BCUT2D eigenvalue weighted by atomic mass is 10.1. The van der Waals surface area contributed by atoms with Crippen molar-refractivity contribution in [2.75, 3.05) is 32.8 Å². The zero-order chi connectivity index (χ0) is 19.3. The van der Waals surface area contributed by atoms with Crippen LogP contribution in [0.25, 0.3) is 0 Å². The first-order valence-corrected chi connectivity index (χ1v) is 10.8. The van der Waals surface area contributed by atoms with Crippen LogP contribution in [0.2, 0.25) is 0 Å². The van der Waals surface area contributed by atoms with Gasteiger partial charge in [-0.3, -0.25) is 4.79 Å². The highest BCUT2D eigenvalue weighted by atomic mass is 32.2. The third kappa shape index (κ3) is 5.33. The molecular weight excluding hydrogens is 370 g/mol. The van der Waals surface area contributed by atoms with Crippen LogP contribution in [0.3, 0.4) is 0 Å². The summed E-state index contributed by atoms with van der Waals surface area (Å²) in [7, 11) is -3.85. The van der Waals surface area contributed by atoms with Gasteiger partial charge in [-0.1, -0.05) is 0 Å². The summed E-state index contributed by atoms with van der Waals surface area (Å²) in [5.74, 6) is 1.16. The Morgan fingerprint density at radius 1 is 1.30 bits per heavy atom. The van der Waals surface area contributed by atoms with E-state index in [0.29, 0.717) is 37.2 Å². The van der Waals surface area contributed by atoms with Crippen LogP contribution in [-0.2, 0) is 14.8 Å². The molecule has 0 spiro atoms. The molecule has 3 rings (SSSR count). The van der Waals surface area contributed by atoms with Crippen LogP contribution >= 0.6 is 0 Å². The zero-order valence-electron chi connectivity index (χ0n) is 15.5. The predicted octanol–water partition coefficient (Wildman–Crippen LogP) is 0.631. The van der Waals surface area contributed by atoms with Crippen LogP contribution in [0.5, 0.6) is 11.5 Å². The fourth-order valence-corrected chi connectivity index (χ4v) is 4.40. The molecule has 2 atom stereocenters. The number of rotatable bonds is 7. The maximum absolute atomic E-state index is 12.6. The molecule has 0 saturated carbocycles. The first-order chi connectivity index (χ1) is 13.0. The smallest absolute Gasteiger partial charge is 0.241 e. The molecule has 1 saturated heterocycles. The van der Waals surface area contributed by atoms with E-state index in [4.69, 9.17) is 9.47 Å². The van der Waals surface area contributed by atoms with Crippen LogP contribution in [0.1, 0.15) is 26.2 Å². The summed E-state index contributed by atoms with van der Waals surface area (Å²) in [5, 5.41) is 6.09. The van der Waals surface area contributed by atoms with Gasteiger partial charge in [-0.15, -0.1) is 0 Å². The molecule has 2 heterocycles. The maximum atomic E-state index is 12.6. The minimum atomic E-state index is -3.85. The van der Waals surface area contributed by atoms with Crippen molar-refractivity contribution in [2.45, 2.75) is 37.1 Å². The highest BCUT2D eigenvalue weighted by Gasteiger charge is 2.24. The molecule has 2 unspecified atom stereocenters. The van der Waals surface area contributed by atoms with E-state index in [1.807, 2.05) is 0 Å². The number of ether oxygens (including phenoxy) is 2. The SMILES string of the molecule is CC(NS(=O)(=O)c1ccc2c(c1)OCCCO2)C(=O)NCCC1CCNC1. The molecule has 3 N–H and O–H groups in total. The predicted molar refractivity (Wildman–Crippen MR) is 100 cm³/mol. The molecule has 0 aliphatic carbocycles. The molecular formula is C18H27N3O5S. The topological polar surface area (TPSA) is 106 Å². The van der Waals surface area contributed by atoms with E-state index in [1.165, 1.54) is 19.1 Å². The minimum absolute atomic E-state index is 0.0448. The molecule has 9 heteroatoms. The quantitative estimate of drug-likeness (QED) is 0.623. The molecule has 0 radical (unpaired) electrons. The van der Waals surface area contributed by atoms with Crippen LogP contribution in [0.4, 0.5) is 0 Å². The Hall–Kier alpha value is -1.84. The lowest BCUT2D eigenvalue weighted by molar-refractivity contribution is -0.122. The van der Waals surface area contributed by atoms with Crippen molar-refractivity contribution in [3.05, 3.63) is 18.2 Å². The highest BCUT2D eigenvalue weighted by molar-refractivity contribution is 7.89. The average Bonchev–Trinajstić information content (AvgIpc) is 3.04. The second-order valence-corrected chi connectivity index (χ2v) is 8.65. The van der Waals surface area contributed by atoms with Crippen LogP contribution < -0.4 is 24.8 Å². The van der Waals surface area contributed by atoms with Crippen molar-refractivity contribution >= 4 is 15.9 Å². The van der Waals surface area contributed by atoms with Crippen molar-refractivity contribution in [2.24, 2.45) is 5.92 Å². The van der Waals surface area contributed by atoms with E-state index in [2.05, 4.69) is 15.4 Å². The fourth-order valence-electron chi connectivity index (χ4n) is 3.18. The highest BCUT2D eigenvalue weighted by Crippen LogP contribution is 2.31. The number of hydrogen-bond donors (Lipinski definition) is 3. The standard InChI is InChI=1S/C18H27N3O5S/c1-13(18(22)20-8-6-14-5-7-19-12-14)21-27(23,24)15-3-4-16-17(11-15)26-10-2-9-25-16/h3-4,11,13-14,19,21H,2,5-10,12H2,1H3,(H,20,22). The second-order valence-electron chi connectivity index (χ2n) is 6.94. The molecule has 8 nitrogen and oxygen atoms in total. The number of amides is 1. The van der Waals surface area contributed by atoms with Gasteiger partial charge < -0.3 is 20.1 Å². The van der Waals surface area contributed by atoms with Crippen LogP contribution in [0.15, 0.2) is 23.1 Å². The van der Waals surface area contributed by atoms with Crippen molar-refractivity contribution in [3.63, 3.8) is 0 Å². The molecule has 1 aromatic rings. The lowest BCUT2D eigenvalue weighted by Gasteiger charge is -2.16. The lowest BCUT2D eigenvalue weighted by Crippen LogP contribution is -2.45. The Balaban J connectivity index is 1.56. The Morgan fingerprint density at radius 3 is 2.81 bits per heavy atom. The Kier molecular flexibility index (Phi) is 6.56. The first-order valence-electron chi connectivity index (χ1n) is 9.36. The summed E-state index contributed by atoms with van der Waals surface area (Å²) in [4.78, 5) is 12.3. The Labute approximate surface area is 160 Å². The van der Waals surface area contributed by atoms with Gasteiger partial charge in [0.25, 0.3) is 0 Å². The number of benzene rings is 1. The van der Waals surface area contributed by atoms with Crippen molar-refractivity contribution in [1.29, 1.82) is 0 Å². The summed E-state index contributed by atoms with van der Waals surface area (Å²) >= 11 is 0. The fraction of sp³-hybridized carbons (Fsp3) is 0.611. The van der Waals surface area contributed by atoms with Gasteiger partial charge in [0.15, 0.2) is 11.5 Å². The Morgan fingerprint density at radius 2 is 2.07 bits per heavy atom. The van der Waals surface area contributed by atoms with Gasteiger partial charge in [0.2, 0.25) is 15.9 Å². The molecule has 1 fully saturated rings. The van der Waals surface area contributed by atoms with Gasteiger partial charge in [-0.25, -0.2) is 8.42 Å². The molecule has 150 valence electrons. The number of carbonyl (C=O) groups is 1. The summed E-state index contributed by atoms with van der Waals surface area (Å²) in [5.41, 5.74) is 0. The zero-order valence-corrected chi connectivity index (χ0v) is 16.3. The van der Waals surface area contributed by atoms with Gasteiger partial charge in [0.1, 0.15) is 0 Å².